The van der Waals surface area contributed by atoms with Crippen molar-refractivity contribution < 1.29 is 18.0 Å². The highest BCUT2D eigenvalue weighted by Gasteiger charge is 2.58. The molecule has 33 heavy (non-hydrogen) atoms. The van der Waals surface area contributed by atoms with Gasteiger partial charge in [0.1, 0.15) is 5.82 Å². The van der Waals surface area contributed by atoms with Gasteiger partial charge in [0.25, 0.3) is 0 Å². The molecule has 2 saturated carbocycles. The predicted octanol–water partition coefficient (Wildman–Crippen LogP) is 4.30. The minimum absolute atomic E-state index is 0.0670. The van der Waals surface area contributed by atoms with E-state index in [1.807, 2.05) is 22.5 Å². The van der Waals surface area contributed by atoms with Crippen molar-refractivity contribution in [2.45, 2.75) is 57.8 Å². The molecular weight excluding hydrogens is 455 g/mol. The molecule has 0 radical (unpaired) electrons. The summed E-state index contributed by atoms with van der Waals surface area (Å²) in [4.78, 5) is 15.9. The van der Waals surface area contributed by atoms with Crippen LogP contribution in [0.15, 0.2) is 18.2 Å². The maximum absolute atomic E-state index is 13.2. The largest absolute Gasteiger partial charge is 0.401 e. The standard InChI is InChI=1S/C23H25ClF3N5O/c1-21(4-5-21)20(33)31-11-22(12-31)7-15(8-22)19-29-28-18-10-30(13-23(25,26)27)9-14-6-16(24)2-3-17(14)32(18)19/h2-3,6,15H,4-5,7-13H2,1H3. The number of hydrogen-bond donors (Lipinski definition) is 0. The van der Waals surface area contributed by atoms with Crippen molar-refractivity contribution >= 4 is 17.5 Å². The zero-order valence-corrected chi connectivity index (χ0v) is 19.1. The summed E-state index contributed by atoms with van der Waals surface area (Å²) in [5.41, 5.74) is 1.54. The van der Waals surface area contributed by atoms with Crippen LogP contribution in [-0.2, 0) is 17.9 Å². The van der Waals surface area contributed by atoms with E-state index in [0.29, 0.717) is 10.8 Å². The summed E-state index contributed by atoms with van der Waals surface area (Å²) >= 11 is 6.18. The molecule has 1 saturated heterocycles. The lowest BCUT2D eigenvalue weighted by atomic mass is 9.57. The fraction of sp³-hybridized carbons (Fsp3) is 0.609. The van der Waals surface area contributed by atoms with Crippen LogP contribution in [0.5, 0.6) is 0 Å². The normalized spacial score (nSPS) is 23.4. The number of carbonyl (C=O) groups excluding carboxylic acids is 1. The molecule has 2 aliphatic carbocycles. The van der Waals surface area contributed by atoms with Crippen LogP contribution in [0, 0.1) is 10.8 Å². The van der Waals surface area contributed by atoms with Crippen LogP contribution < -0.4 is 0 Å². The number of likely N-dealkylation sites (tertiary alicyclic amines) is 1. The van der Waals surface area contributed by atoms with E-state index in [9.17, 15) is 18.0 Å². The first kappa shape index (κ1) is 21.4. The van der Waals surface area contributed by atoms with Gasteiger partial charge in [-0.15, -0.1) is 10.2 Å². The average Bonchev–Trinajstić information content (AvgIpc) is 3.32. The number of hydrogen-bond acceptors (Lipinski definition) is 4. The third-order valence-electron chi connectivity index (χ3n) is 7.78. The SMILES string of the molecule is CC1(C(=O)N2CC3(CC(c4nnc5n4-c4ccc(Cl)cc4CN(CC(F)(F)F)C5)C3)C2)CC1. The summed E-state index contributed by atoms with van der Waals surface area (Å²) in [7, 11) is 0. The lowest BCUT2D eigenvalue weighted by molar-refractivity contribution is -0.157. The highest BCUT2D eigenvalue weighted by Crippen LogP contribution is 2.58. The second kappa shape index (κ2) is 6.95. The molecule has 0 bridgehead atoms. The summed E-state index contributed by atoms with van der Waals surface area (Å²) in [5.74, 6) is 1.77. The number of carbonyl (C=O) groups is 1. The van der Waals surface area contributed by atoms with E-state index in [1.54, 1.807) is 12.1 Å². The zero-order valence-electron chi connectivity index (χ0n) is 18.3. The van der Waals surface area contributed by atoms with Crippen molar-refractivity contribution in [2.24, 2.45) is 10.8 Å². The van der Waals surface area contributed by atoms with Crippen LogP contribution in [0.2, 0.25) is 5.02 Å². The van der Waals surface area contributed by atoms with Gasteiger partial charge in [-0.3, -0.25) is 14.3 Å². The lowest BCUT2D eigenvalue weighted by Gasteiger charge is -2.59. The average molecular weight is 480 g/mol. The monoisotopic (exact) mass is 479 g/mol. The van der Waals surface area contributed by atoms with Crippen LogP contribution >= 0.6 is 11.6 Å². The Morgan fingerprint density at radius 3 is 2.58 bits per heavy atom. The second-order valence-corrected chi connectivity index (χ2v) is 11.1. The Balaban J connectivity index is 1.24. The van der Waals surface area contributed by atoms with E-state index in [0.717, 1.165) is 55.8 Å². The highest BCUT2D eigenvalue weighted by molar-refractivity contribution is 6.30. The quantitative estimate of drug-likeness (QED) is 0.658. The predicted molar refractivity (Wildman–Crippen MR) is 115 cm³/mol. The third-order valence-corrected chi connectivity index (χ3v) is 8.01. The first-order valence-electron chi connectivity index (χ1n) is 11.4. The van der Waals surface area contributed by atoms with Crippen molar-refractivity contribution in [3.63, 3.8) is 0 Å². The molecule has 6 nitrogen and oxygen atoms in total. The Hall–Kier alpha value is -2.13. The minimum Gasteiger partial charge on any atom is -0.341 e. The van der Waals surface area contributed by atoms with Gasteiger partial charge in [0.05, 0.1) is 18.8 Å². The number of halogens is 4. The number of nitrogens with zero attached hydrogens (tertiary/aromatic N) is 5. The van der Waals surface area contributed by atoms with Crippen LogP contribution in [-0.4, -0.2) is 56.3 Å². The van der Waals surface area contributed by atoms with Crippen molar-refractivity contribution in [1.82, 2.24) is 24.6 Å². The molecule has 2 aromatic rings. The Kier molecular flexibility index (Phi) is 4.51. The van der Waals surface area contributed by atoms with E-state index in [4.69, 9.17) is 11.6 Å². The molecule has 4 aliphatic rings. The van der Waals surface area contributed by atoms with E-state index in [-0.39, 0.29) is 35.7 Å². The van der Waals surface area contributed by atoms with E-state index in [1.165, 1.54) is 4.90 Å². The summed E-state index contributed by atoms with van der Waals surface area (Å²) < 4.78 is 41.4. The maximum Gasteiger partial charge on any atom is 0.401 e. The highest BCUT2D eigenvalue weighted by atomic mass is 35.5. The molecular formula is C23H25ClF3N5O. The molecule has 0 unspecified atom stereocenters. The molecule has 3 fully saturated rings. The van der Waals surface area contributed by atoms with Gasteiger partial charge in [-0.1, -0.05) is 18.5 Å². The minimum atomic E-state index is -4.30. The third kappa shape index (κ3) is 3.64. The molecule has 2 aliphatic heterocycles. The molecule has 0 N–H and O–H groups in total. The van der Waals surface area contributed by atoms with Crippen LogP contribution in [0.25, 0.3) is 5.69 Å². The summed E-state index contributed by atoms with van der Waals surface area (Å²) in [6.07, 6.45) is -0.499. The van der Waals surface area contributed by atoms with Gasteiger partial charge in [0, 0.05) is 41.4 Å². The van der Waals surface area contributed by atoms with Crippen molar-refractivity contribution in [3.8, 4) is 5.69 Å². The van der Waals surface area contributed by atoms with Crippen LogP contribution in [0.1, 0.15) is 55.7 Å². The molecule has 1 aromatic carbocycles. The van der Waals surface area contributed by atoms with Crippen molar-refractivity contribution in [2.75, 3.05) is 19.6 Å². The van der Waals surface area contributed by atoms with Crippen LogP contribution in [0.3, 0.4) is 0 Å². The lowest BCUT2D eigenvalue weighted by Crippen LogP contribution is -2.64. The van der Waals surface area contributed by atoms with E-state index in [2.05, 4.69) is 10.2 Å². The van der Waals surface area contributed by atoms with Gasteiger partial charge in [0.2, 0.25) is 5.91 Å². The molecule has 6 rings (SSSR count). The number of aromatic nitrogens is 3. The van der Waals surface area contributed by atoms with Gasteiger partial charge < -0.3 is 4.90 Å². The zero-order chi connectivity index (χ0) is 23.2. The van der Waals surface area contributed by atoms with Crippen molar-refractivity contribution in [1.29, 1.82) is 0 Å². The molecule has 0 atom stereocenters. The fourth-order valence-corrected chi connectivity index (χ4v) is 6.03. The Morgan fingerprint density at radius 2 is 1.91 bits per heavy atom. The number of amides is 1. The first-order valence-corrected chi connectivity index (χ1v) is 11.7. The Bertz CT molecular complexity index is 1130. The number of benzene rings is 1. The maximum atomic E-state index is 13.2. The first-order chi connectivity index (χ1) is 15.5. The number of alkyl halides is 3. The number of rotatable bonds is 3. The molecule has 1 spiro atoms. The fourth-order valence-electron chi connectivity index (χ4n) is 5.84. The number of fused-ring (bicyclic) bond motifs is 3. The van der Waals surface area contributed by atoms with Gasteiger partial charge in [-0.2, -0.15) is 13.2 Å². The molecule has 10 heteroatoms. The smallest absolute Gasteiger partial charge is 0.341 e. The van der Waals surface area contributed by atoms with E-state index < -0.39 is 12.7 Å². The topological polar surface area (TPSA) is 54.3 Å². The van der Waals surface area contributed by atoms with Crippen LogP contribution in [0.4, 0.5) is 13.2 Å². The molecule has 1 aromatic heterocycles. The van der Waals surface area contributed by atoms with Gasteiger partial charge >= 0.3 is 6.18 Å². The summed E-state index contributed by atoms with van der Waals surface area (Å²) in [6, 6.07) is 5.33. The Labute approximate surface area is 194 Å². The van der Waals surface area contributed by atoms with Gasteiger partial charge in [0.15, 0.2) is 5.82 Å². The summed E-state index contributed by atoms with van der Waals surface area (Å²) in [6.45, 7) is 2.83. The van der Waals surface area contributed by atoms with E-state index >= 15 is 0 Å². The van der Waals surface area contributed by atoms with Crippen molar-refractivity contribution in [3.05, 3.63) is 40.4 Å². The second-order valence-electron chi connectivity index (χ2n) is 10.7. The Morgan fingerprint density at radius 1 is 1.18 bits per heavy atom. The molecule has 176 valence electrons. The molecule has 3 heterocycles. The van der Waals surface area contributed by atoms with Gasteiger partial charge in [-0.25, -0.2) is 0 Å². The molecule has 1 amide bonds. The summed E-state index contributed by atoms with van der Waals surface area (Å²) in [5, 5.41) is 9.23. The van der Waals surface area contributed by atoms with Gasteiger partial charge in [-0.05, 0) is 49.4 Å².